The number of imidazole rings is 1. The molecule has 0 saturated heterocycles. The topological polar surface area (TPSA) is 48.9 Å². The van der Waals surface area contributed by atoms with Gasteiger partial charge in [0.05, 0.1) is 17.6 Å². The van der Waals surface area contributed by atoms with E-state index in [4.69, 9.17) is 0 Å². The summed E-state index contributed by atoms with van der Waals surface area (Å²) >= 11 is 0. The standard InChI is InChI=1S/C19H23N3O2/c1-5-10-21-13(2)11-15(14(21)3)18(23)12-22-17-9-7-6-8-16(17)20(4)19(22)24/h6-9,11H,5,10,12H2,1-4H3. The molecule has 0 atom stereocenters. The molecule has 5 nitrogen and oxygen atoms in total. The largest absolute Gasteiger partial charge is 0.348 e. The normalized spacial score (nSPS) is 11.3. The molecular weight excluding hydrogens is 302 g/mol. The Kier molecular flexibility index (Phi) is 4.18. The van der Waals surface area contributed by atoms with E-state index in [1.807, 2.05) is 44.2 Å². The Bertz CT molecular complexity index is 973. The number of carbonyl (C=O) groups excluding carboxylic acids is 1. The summed E-state index contributed by atoms with van der Waals surface area (Å²) in [4.78, 5) is 25.3. The molecule has 0 radical (unpaired) electrons. The lowest BCUT2D eigenvalue weighted by Gasteiger charge is -2.08. The highest BCUT2D eigenvalue weighted by molar-refractivity contribution is 5.98. The van der Waals surface area contributed by atoms with Crippen LogP contribution in [0.4, 0.5) is 0 Å². The number of rotatable bonds is 5. The Labute approximate surface area is 141 Å². The average molecular weight is 325 g/mol. The Morgan fingerprint density at radius 3 is 2.42 bits per heavy atom. The van der Waals surface area contributed by atoms with E-state index in [2.05, 4.69) is 11.5 Å². The third kappa shape index (κ3) is 2.50. The number of benzene rings is 1. The highest BCUT2D eigenvalue weighted by Crippen LogP contribution is 2.18. The second kappa shape index (κ2) is 6.15. The molecule has 0 N–H and O–H groups in total. The zero-order valence-electron chi connectivity index (χ0n) is 14.7. The second-order valence-electron chi connectivity index (χ2n) is 6.28. The van der Waals surface area contributed by atoms with Crippen molar-refractivity contribution in [1.82, 2.24) is 13.7 Å². The predicted octanol–water partition coefficient (Wildman–Crippen LogP) is 3.05. The molecule has 24 heavy (non-hydrogen) atoms. The first-order valence-corrected chi connectivity index (χ1v) is 8.29. The molecule has 3 rings (SSSR count). The summed E-state index contributed by atoms with van der Waals surface area (Å²) in [6, 6.07) is 9.49. The van der Waals surface area contributed by atoms with E-state index in [-0.39, 0.29) is 18.0 Å². The number of carbonyl (C=O) groups is 1. The Hall–Kier alpha value is -2.56. The quantitative estimate of drug-likeness (QED) is 0.677. The van der Waals surface area contributed by atoms with Crippen molar-refractivity contribution in [1.29, 1.82) is 0 Å². The van der Waals surface area contributed by atoms with E-state index in [1.54, 1.807) is 16.2 Å². The minimum atomic E-state index is -0.160. The van der Waals surface area contributed by atoms with Gasteiger partial charge in [-0.05, 0) is 38.5 Å². The van der Waals surface area contributed by atoms with Crippen LogP contribution in [0.5, 0.6) is 0 Å². The minimum Gasteiger partial charge on any atom is -0.348 e. The summed E-state index contributed by atoms with van der Waals surface area (Å²) in [7, 11) is 1.73. The van der Waals surface area contributed by atoms with Crippen LogP contribution in [0.1, 0.15) is 35.1 Å². The number of fused-ring (bicyclic) bond motifs is 1. The van der Waals surface area contributed by atoms with Crippen molar-refractivity contribution in [2.45, 2.75) is 40.3 Å². The van der Waals surface area contributed by atoms with Gasteiger partial charge >= 0.3 is 5.69 Å². The molecule has 0 aliphatic heterocycles. The third-order valence-corrected chi connectivity index (χ3v) is 4.67. The van der Waals surface area contributed by atoms with Crippen LogP contribution in [0.3, 0.4) is 0 Å². The predicted molar refractivity (Wildman–Crippen MR) is 95.7 cm³/mol. The molecule has 2 aromatic heterocycles. The van der Waals surface area contributed by atoms with E-state index < -0.39 is 0 Å². The number of aromatic nitrogens is 3. The molecule has 0 bridgehead atoms. The maximum absolute atomic E-state index is 12.8. The van der Waals surface area contributed by atoms with Crippen molar-refractivity contribution in [3.8, 4) is 0 Å². The summed E-state index contributed by atoms with van der Waals surface area (Å²) < 4.78 is 5.31. The van der Waals surface area contributed by atoms with Crippen molar-refractivity contribution in [3.63, 3.8) is 0 Å². The van der Waals surface area contributed by atoms with E-state index >= 15 is 0 Å². The summed E-state index contributed by atoms with van der Waals surface area (Å²) in [5.74, 6) is -0.0242. The van der Waals surface area contributed by atoms with Crippen molar-refractivity contribution < 1.29 is 4.79 Å². The number of Topliss-reactive ketones (excluding diaryl/α,β-unsaturated/α-hetero) is 1. The van der Waals surface area contributed by atoms with Crippen LogP contribution in [0.15, 0.2) is 35.1 Å². The molecule has 0 fully saturated rings. The Morgan fingerprint density at radius 1 is 1.08 bits per heavy atom. The van der Waals surface area contributed by atoms with Crippen LogP contribution in [-0.2, 0) is 20.1 Å². The fourth-order valence-corrected chi connectivity index (χ4v) is 3.40. The minimum absolute atomic E-state index is 0.0242. The lowest BCUT2D eigenvalue weighted by atomic mass is 10.1. The van der Waals surface area contributed by atoms with Gasteiger partial charge in [-0.3, -0.25) is 13.9 Å². The first kappa shape index (κ1) is 16.3. The van der Waals surface area contributed by atoms with E-state index in [0.29, 0.717) is 5.56 Å². The molecule has 3 aromatic rings. The number of hydrogen-bond donors (Lipinski definition) is 0. The second-order valence-corrected chi connectivity index (χ2v) is 6.28. The van der Waals surface area contributed by atoms with E-state index in [0.717, 1.165) is 35.4 Å². The van der Waals surface area contributed by atoms with Gasteiger partial charge in [-0.2, -0.15) is 0 Å². The maximum atomic E-state index is 12.8. The third-order valence-electron chi connectivity index (χ3n) is 4.67. The fourth-order valence-electron chi connectivity index (χ4n) is 3.40. The Balaban J connectivity index is 2.01. The molecule has 5 heteroatoms. The molecule has 126 valence electrons. The molecule has 1 aromatic carbocycles. The number of para-hydroxylation sites is 2. The summed E-state index contributed by atoms with van der Waals surface area (Å²) in [6.45, 7) is 7.08. The van der Waals surface area contributed by atoms with Crippen LogP contribution in [0, 0.1) is 13.8 Å². The Morgan fingerprint density at radius 2 is 1.75 bits per heavy atom. The first-order chi connectivity index (χ1) is 11.5. The zero-order valence-corrected chi connectivity index (χ0v) is 14.7. The van der Waals surface area contributed by atoms with Gasteiger partial charge in [0.1, 0.15) is 0 Å². The lowest BCUT2D eigenvalue weighted by molar-refractivity contribution is 0.0971. The van der Waals surface area contributed by atoms with Crippen molar-refractivity contribution >= 4 is 16.8 Å². The zero-order chi connectivity index (χ0) is 17.4. The van der Waals surface area contributed by atoms with Crippen molar-refractivity contribution in [2.75, 3.05) is 0 Å². The maximum Gasteiger partial charge on any atom is 0.329 e. The molecule has 0 aliphatic carbocycles. The van der Waals surface area contributed by atoms with E-state index in [1.165, 1.54) is 0 Å². The molecule has 2 heterocycles. The van der Waals surface area contributed by atoms with Crippen LogP contribution in [0.25, 0.3) is 11.0 Å². The SMILES string of the molecule is CCCn1c(C)cc(C(=O)Cn2c(=O)n(C)c3ccccc32)c1C. The van der Waals surface area contributed by atoms with Crippen LogP contribution in [-0.4, -0.2) is 19.5 Å². The molecule has 0 amide bonds. The van der Waals surface area contributed by atoms with Gasteiger partial charge in [0.15, 0.2) is 5.78 Å². The number of hydrogen-bond acceptors (Lipinski definition) is 2. The summed E-state index contributed by atoms with van der Waals surface area (Å²) in [5, 5.41) is 0. The highest BCUT2D eigenvalue weighted by Gasteiger charge is 2.18. The van der Waals surface area contributed by atoms with Crippen LogP contribution < -0.4 is 5.69 Å². The average Bonchev–Trinajstić information content (AvgIpc) is 2.99. The van der Waals surface area contributed by atoms with Crippen molar-refractivity contribution in [3.05, 3.63) is 57.8 Å². The smallest absolute Gasteiger partial charge is 0.329 e. The van der Waals surface area contributed by atoms with Gasteiger partial charge in [-0.1, -0.05) is 19.1 Å². The molecule has 0 saturated carbocycles. The molecule has 0 unspecified atom stereocenters. The first-order valence-electron chi connectivity index (χ1n) is 8.29. The van der Waals surface area contributed by atoms with E-state index in [9.17, 15) is 9.59 Å². The van der Waals surface area contributed by atoms with Gasteiger partial charge in [0, 0.05) is 30.5 Å². The van der Waals surface area contributed by atoms with Gasteiger partial charge in [0.2, 0.25) is 0 Å². The lowest BCUT2D eigenvalue weighted by Crippen LogP contribution is -2.25. The van der Waals surface area contributed by atoms with Gasteiger partial charge in [0.25, 0.3) is 0 Å². The molecule has 0 spiro atoms. The highest BCUT2D eigenvalue weighted by atomic mass is 16.2. The monoisotopic (exact) mass is 325 g/mol. The fraction of sp³-hybridized carbons (Fsp3) is 0.368. The van der Waals surface area contributed by atoms with Crippen molar-refractivity contribution in [2.24, 2.45) is 7.05 Å². The number of ketones is 1. The van der Waals surface area contributed by atoms with Crippen LogP contribution >= 0.6 is 0 Å². The summed E-state index contributed by atoms with van der Waals surface area (Å²) in [5.41, 5.74) is 4.25. The van der Waals surface area contributed by atoms with Gasteiger partial charge in [-0.25, -0.2) is 4.79 Å². The number of aryl methyl sites for hydroxylation is 2. The number of nitrogens with zero attached hydrogens (tertiary/aromatic N) is 3. The summed E-state index contributed by atoms with van der Waals surface area (Å²) in [6.07, 6.45) is 1.02. The molecular formula is C19H23N3O2. The van der Waals surface area contributed by atoms with Gasteiger partial charge in [-0.15, -0.1) is 0 Å². The van der Waals surface area contributed by atoms with Crippen LogP contribution in [0.2, 0.25) is 0 Å². The van der Waals surface area contributed by atoms with Gasteiger partial charge < -0.3 is 4.57 Å². The molecule has 0 aliphatic rings.